The van der Waals surface area contributed by atoms with Crippen LogP contribution in [0.15, 0.2) is 36.7 Å². The summed E-state index contributed by atoms with van der Waals surface area (Å²) in [7, 11) is 0. The number of nitrogens with two attached hydrogens (primary N) is 1. The highest BCUT2D eigenvalue weighted by Crippen LogP contribution is 2.20. The maximum atomic E-state index is 8.74. The van der Waals surface area contributed by atoms with Crippen LogP contribution in [-0.2, 0) is 0 Å². The first-order chi connectivity index (χ1) is 10.3. The SMILES string of the molecule is N#Cc1cnc(N2CCN(c3cccc(N)c3)CC2)cn1. The number of anilines is 3. The van der Waals surface area contributed by atoms with E-state index in [9.17, 15) is 0 Å². The third kappa shape index (κ3) is 2.87. The van der Waals surface area contributed by atoms with Crippen molar-refractivity contribution in [2.75, 3.05) is 41.7 Å². The molecule has 1 aromatic carbocycles. The number of hydrogen-bond acceptors (Lipinski definition) is 6. The van der Waals surface area contributed by atoms with Crippen LogP contribution in [0.1, 0.15) is 5.69 Å². The molecule has 0 atom stereocenters. The van der Waals surface area contributed by atoms with Crippen molar-refractivity contribution in [1.82, 2.24) is 9.97 Å². The molecule has 1 aliphatic heterocycles. The summed E-state index contributed by atoms with van der Waals surface area (Å²) in [6.45, 7) is 3.56. The second-order valence-electron chi connectivity index (χ2n) is 4.94. The predicted molar refractivity (Wildman–Crippen MR) is 82.0 cm³/mol. The number of piperazine rings is 1. The van der Waals surface area contributed by atoms with Gasteiger partial charge in [0.1, 0.15) is 11.9 Å². The lowest BCUT2D eigenvalue weighted by Gasteiger charge is -2.36. The molecule has 0 unspecified atom stereocenters. The maximum Gasteiger partial charge on any atom is 0.158 e. The molecule has 0 amide bonds. The van der Waals surface area contributed by atoms with Gasteiger partial charge in [-0.05, 0) is 18.2 Å². The van der Waals surface area contributed by atoms with E-state index in [-0.39, 0.29) is 0 Å². The minimum Gasteiger partial charge on any atom is -0.399 e. The summed E-state index contributed by atoms with van der Waals surface area (Å²) < 4.78 is 0. The number of aromatic nitrogens is 2. The first-order valence-corrected chi connectivity index (χ1v) is 6.84. The van der Waals surface area contributed by atoms with Crippen molar-refractivity contribution in [3.63, 3.8) is 0 Å². The van der Waals surface area contributed by atoms with Crippen LogP contribution in [0.2, 0.25) is 0 Å². The highest BCUT2D eigenvalue weighted by Gasteiger charge is 2.18. The van der Waals surface area contributed by atoms with Crippen molar-refractivity contribution in [3.8, 4) is 6.07 Å². The Kier molecular flexibility index (Phi) is 3.56. The lowest BCUT2D eigenvalue weighted by molar-refractivity contribution is 0.646. The van der Waals surface area contributed by atoms with Crippen LogP contribution in [0.5, 0.6) is 0 Å². The zero-order valence-corrected chi connectivity index (χ0v) is 11.6. The number of nitriles is 1. The van der Waals surface area contributed by atoms with Crippen molar-refractivity contribution in [3.05, 3.63) is 42.4 Å². The zero-order chi connectivity index (χ0) is 14.7. The van der Waals surface area contributed by atoms with Gasteiger partial charge in [-0.25, -0.2) is 9.97 Å². The van der Waals surface area contributed by atoms with Crippen molar-refractivity contribution >= 4 is 17.2 Å². The van der Waals surface area contributed by atoms with Gasteiger partial charge in [-0.3, -0.25) is 0 Å². The Morgan fingerprint density at radius 1 is 1.05 bits per heavy atom. The fourth-order valence-corrected chi connectivity index (χ4v) is 2.46. The molecule has 6 heteroatoms. The lowest BCUT2D eigenvalue weighted by atomic mass is 10.2. The Labute approximate surface area is 123 Å². The highest BCUT2D eigenvalue weighted by atomic mass is 15.3. The van der Waals surface area contributed by atoms with Crippen LogP contribution in [0, 0.1) is 11.3 Å². The molecular weight excluding hydrogens is 264 g/mol. The standard InChI is InChI=1S/C15H16N6/c16-9-13-10-19-15(11-18-13)21-6-4-20(5-7-21)14-3-1-2-12(17)8-14/h1-3,8,10-11H,4-7,17H2. The second kappa shape index (κ2) is 5.67. The fraction of sp³-hybridized carbons (Fsp3) is 0.267. The van der Waals surface area contributed by atoms with Gasteiger partial charge < -0.3 is 15.5 Å². The summed E-state index contributed by atoms with van der Waals surface area (Å²) in [4.78, 5) is 12.8. The summed E-state index contributed by atoms with van der Waals surface area (Å²) in [6, 6.07) is 9.92. The van der Waals surface area contributed by atoms with Gasteiger partial charge in [-0.2, -0.15) is 5.26 Å². The van der Waals surface area contributed by atoms with E-state index in [0.717, 1.165) is 43.4 Å². The summed E-state index contributed by atoms with van der Waals surface area (Å²) in [5.74, 6) is 0.821. The molecule has 1 saturated heterocycles. The minimum absolute atomic E-state index is 0.345. The molecule has 3 rings (SSSR count). The molecule has 2 heterocycles. The number of hydrogen-bond donors (Lipinski definition) is 1. The number of nitrogens with zero attached hydrogens (tertiary/aromatic N) is 5. The summed E-state index contributed by atoms with van der Waals surface area (Å²) in [6.07, 6.45) is 3.17. The molecule has 0 spiro atoms. The van der Waals surface area contributed by atoms with Gasteiger partial charge in [0.05, 0.1) is 12.4 Å². The Balaban J connectivity index is 1.66. The molecule has 0 radical (unpaired) electrons. The first kappa shape index (κ1) is 13.2. The summed E-state index contributed by atoms with van der Waals surface area (Å²) >= 11 is 0. The zero-order valence-electron chi connectivity index (χ0n) is 11.6. The normalized spacial score (nSPS) is 14.8. The monoisotopic (exact) mass is 280 g/mol. The van der Waals surface area contributed by atoms with Gasteiger partial charge in [-0.15, -0.1) is 0 Å². The summed E-state index contributed by atoms with van der Waals surface area (Å²) in [5, 5.41) is 8.74. The van der Waals surface area contributed by atoms with E-state index in [2.05, 4.69) is 25.8 Å². The average molecular weight is 280 g/mol. The van der Waals surface area contributed by atoms with Crippen LogP contribution < -0.4 is 15.5 Å². The van der Waals surface area contributed by atoms with Crippen LogP contribution in [0.4, 0.5) is 17.2 Å². The fourth-order valence-electron chi connectivity index (χ4n) is 2.46. The Morgan fingerprint density at radius 3 is 2.43 bits per heavy atom. The van der Waals surface area contributed by atoms with Gasteiger partial charge >= 0.3 is 0 Å². The molecule has 6 nitrogen and oxygen atoms in total. The van der Waals surface area contributed by atoms with E-state index in [4.69, 9.17) is 11.0 Å². The topological polar surface area (TPSA) is 82.1 Å². The van der Waals surface area contributed by atoms with Crippen molar-refractivity contribution in [2.24, 2.45) is 0 Å². The average Bonchev–Trinajstić information content (AvgIpc) is 2.55. The smallest absolute Gasteiger partial charge is 0.158 e. The van der Waals surface area contributed by atoms with Gasteiger partial charge in [0, 0.05) is 37.6 Å². The maximum absolute atomic E-state index is 8.74. The molecule has 1 aromatic heterocycles. The molecule has 106 valence electrons. The Morgan fingerprint density at radius 2 is 1.81 bits per heavy atom. The quantitative estimate of drug-likeness (QED) is 0.834. The second-order valence-corrected chi connectivity index (χ2v) is 4.94. The molecule has 2 N–H and O–H groups in total. The van der Waals surface area contributed by atoms with Gasteiger partial charge in [-0.1, -0.05) is 6.07 Å². The Hall–Kier alpha value is -2.81. The van der Waals surface area contributed by atoms with Crippen LogP contribution >= 0.6 is 0 Å². The molecule has 0 aliphatic carbocycles. The first-order valence-electron chi connectivity index (χ1n) is 6.84. The van der Waals surface area contributed by atoms with Gasteiger partial charge in [0.15, 0.2) is 5.69 Å². The van der Waals surface area contributed by atoms with Crippen LogP contribution in [0.3, 0.4) is 0 Å². The van der Waals surface area contributed by atoms with Crippen LogP contribution in [0.25, 0.3) is 0 Å². The predicted octanol–water partition coefficient (Wildman–Crippen LogP) is 1.26. The third-order valence-corrected chi connectivity index (χ3v) is 3.59. The van der Waals surface area contributed by atoms with E-state index in [1.54, 1.807) is 6.20 Å². The van der Waals surface area contributed by atoms with E-state index >= 15 is 0 Å². The van der Waals surface area contributed by atoms with Gasteiger partial charge in [0.2, 0.25) is 0 Å². The molecule has 1 fully saturated rings. The molecule has 0 saturated carbocycles. The summed E-state index contributed by atoms with van der Waals surface area (Å²) in [5.41, 5.74) is 8.11. The molecule has 1 aliphatic rings. The van der Waals surface area contributed by atoms with Crippen molar-refractivity contribution in [1.29, 1.82) is 5.26 Å². The van der Waals surface area contributed by atoms with E-state index in [1.807, 2.05) is 24.3 Å². The van der Waals surface area contributed by atoms with E-state index < -0.39 is 0 Å². The number of benzene rings is 1. The highest BCUT2D eigenvalue weighted by molar-refractivity contribution is 5.57. The van der Waals surface area contributed by atoms with Crippen molar-refractivity contribution < 1.29 is 0 Å². The molecule has 2 aromatic rings. The largest absolute Gasteiger partial charge is 0.399 e. The molecule has 0 bridgehead atoms. The minimum atomic E-state index is 0.345. The van der Waals surface area contributed by atoms with Gasteiger partial charge in [0.25, 0.3) is 0 Å². The number of nitrogen functional groups attached to an aromatic ring is 1. The van der Waals surface area contributed by atoms with E-state index in [0.29, 0.717) is 5.69 Å². The third-order valence-electron chi connectivity index (χ3n) is 3.59. The molecule has 21 heavy (non-hydrogen) atoms. The van der Waals surface area contributed by atoms with Crippen molar-refractivity contribution in [2.45, 2.75) is 0 Å². The lowest BCUT2D eigenvalue weighted by Crippen LogP contribution is -2.46. The number of rotatable bonds is 2. The van der Waals surface area contributed by atoms with Crippen LogP contribution in [-0.4, -0.2) is 36.1 Å². The van der Waals surface area contributed by atoms with E-state index in [1.165, 1.54) is 6.20 Å². The molecular formula is C15H16N6. The Bertz CT molecular complexity index is 653.